The molecule has 1 aliphatic rings. The number of nitrogens with two attached hydrogens (primary N) is 1. The van der Waals surface area contributed by atoms with Crippen molar-refractivity contribution in [2.75, 3.05) is 0 Å². The Morgan fingerprint density at radius 2 is 2.16 bits per heavy atom. The first-order valence-corrected chi connectivity index (χ1v) is 8.07. The molecule has 1 aromatic carbocycles. The van der Waals surface area contributed by atoms with Crippen molar-refractivity contribution in [2.45, 2.75) is 64.0 Å². The summed E-state index contributed by atoms with van der Waals surface area (Å²) in [6.45, 7) is 4.44. The smallest absolute Gasteiger partial charge is 0.124 e. The molecule has 2 rings (SSSR count). The molecule has 3 heteroatoms. The maximum atomic E-state index is 6.32. The summed E-state index contributed by atoms with van der Waals surface area (Å²) in [6, 6.07) is 6.21. The quantitative estimate of drug-likeness (QED) is 0.776. The fourth-order valence-corrected chi connectivity index (χ4v) is 3.24. The molecule has 1 aromatic rings. The lowest BCUT2D eigenvalue weighted by molar-refractivity contribution is 0.0430. The third-order valence-electron chi connectivity index (χ3n) is 3.94. The number of unbranched alkanes of at least 4 members (excludes halogenated alkanes) is 3. The van der Waals surface area contributed by atoms with Gasteiger partial charge < -0.3 is 10.5 Å². The molecule has 2 unspecified atom stereocenters. The van der Waals surface area contributed by atoms with Crippen LogP contribution in [0.1, 0.15) is 64.0 Å². The highest BCUT2D eigenvalue weighted by molar-refractivity contribution is 9.10. The lowest BCUT2D eigenvalue weighted by Crippen LogP contribution is -2.40. The Labute approximate surface area is 124 Å². The van der Waals surface area contributed by atoms with E-state index in [1.54, 1.807) is 0 Å². The Kier molecular flexibility index (Phi) is 4.91. The fourth-order valence-electron chi connectivity index (χ4n) is 2.86. The zero-order valence-electron chi connectivity index (χ0n) is 11.9. The third-order valence-corrected chi connectivity index (χ3v) is 4.43. The van der Waals surface area contributed by atoms with Gasteiger partial charge in [-0.1, -0.05) is 42.1 Å². The Hall–Kier alpha value is -0.540. The van der Waals surface area contributed by atoms with E-state index in [0.717, 1.165) is 28.6 Å². The highest BCUT2D eigenvalue weighted by atomic mass is 79.9. The van der Waals surface area contributed by atoms with Crippen LogP contribution in [-0.4, -0.2) is 5.60 Å². The normalized spacial score (nSPS) is 25.8. The summed E-state index contributed by atoms with van der Waals surface area (Å²) < 4.78 is 7.29. The first-order chi connectivity index (χ1) is 9.04. The van der Waals surface area contributed by atoms with Crippen LogP contribution in [0.25, 0.3) is 0 Å². The largest absolute Gasteiger partial charge is 0.487 e. The molecule has 0 spiro atoms. The molecule has 2 nitrogen and oxygen atoms in total. The number of hydrogen-bond acceptors (Lipinski definition) is 2. The van der Waals surface area contributed by atoms with Gasteiger partial charge in [0.25, 0.3) is 0 Å². The van der Waals surface area contributed by atoms with Crippen molar-refractivity contribution in [3.63, 3.8) is 0 Å². The molecule has 0 saturated heterocycles. The van der Waals surface area contributed by atoms with E-state index >= 15 is 0 Å². The van der Waals surface area contributed by atoms with Gasteiger partial charge in [-0.25, -0.2) is 0 Å². The maximum absolute atomic E-state index is 6.32. The Morgan fingerprint density at radius 1 is 1.37 bits per heavy atom. The minimum atomic E-state index is -0.103. The van der Waals surface area contributed by atoms with E-state index in [4.69, 9.17) is 10.5 Å². The molecule has 106 valence electrons. The molecule has 2 N–H and O–H groups in total. The van der Waals surface area contributed by atoms with Gasteiger partial charge in [0.05, 0.1) is 0 Å². The van der Waals surface area contributed by atoms with E-state index < -0.39 is 0 Å². The summed E-state index contributed by atoms with van der Waals surface area (Å²) >= 11 is 3.49. The van der Waals surface area contributed by atoms with Crippen molar-refractivity contribution in [1.29, 1.82) is 0 Å². The minimum Gasteiger partial charge on any atom is -0.487 e. The number of hydrogen-bond donors (Lipinski definition) is 1. The predicted molar refractivity (Wildman–Crippen MR) is 83.5 cm³/mol. The molecule has 0 aliphatic carbocycles. The number of fused-ring (bicyclic) bond motifs is 1. The van der Waals surface area contributed by atoms with E-state index in [2.05, 4.69) is 35.8 Å². The van der Waals surface area contributed by atoms with Crippen LogP contribution in [0.2, 0.25) is 0 Å². The van der Waals surface area contributed by atoms with Gasteiger partial charge in [-0.2, -0.15) is 0 Å². The van der Waals surface area contributed by atoms with Gasteiger partial charge in [-0.15, -0.1) is 0 Å². The van der Waals surface area contributed by atoms with Gasteiger partial charge in [-0.05, 0) is 38.0 Å². The predicted octanol–water partition coefficient (Wildman–Crippen LogP) is 4.96. The second-order valence-corrected chi connectivity index (χ2v) is 6.77. The number of ether oxygens (including phenoxy) is 1. The number of halogens is 1. The lowest BCUT2D eigenvalue weighted by atomic mass is 9.85. The molecule has 1 aliphatic heterocycles. The average Bonchev–Trinajstić information content (AvgIpc) is 2.36. The van der Waals surface area contributed by atoms with E-state index in [1.807, 2.05) is 12.1 Å². The third kappa shape index (κ3) is 3.73. The molecule has 0 bridgehead atoms. The molecule has 19 heavy (non-hydrogen) atoms. The van der Waals surface area contributed by atoms with Crippen LogP contribution >= 0.6 is 15.9 Å². The maximum Gasteiger partial charge on any atom is 0.124 e. The van der Waals surface area contributed by atoms with Crippen LogP contribution in [-0.2, 0) is 0 Å². The standard InChI is InChI=1S/C16H24BrNO/c1-3-4-5-6-9-16(2)11-14(18)13-10-12(17)7-8-15(13)19-16/h7-8,10,14H,3-6,9,11,18H2,1-2H3. The average molecular weight is 326 g/mol. The van der Waals surface area contributed by atoms with Crippen molar-refractivity contribution in [1.82, 2.24) is 0 Å². The first kappa shape index (κ1) is 14.9. The molecule has 0 fully saturated rings. The molecule has 0 radical (unpaired) electrons. The van der Waals surface area contributed by atoms with Crippen LogP contribution < -0.4 is 10.5 Å². The van der Waals surface area contributed by atoms with Crippen molar-refractivity contribution >= 4 is 15.9 Å². The molecule has 0 amide bonds. The summed E-state index contributed by atoms with van der Waals surface area (Å²) in [4.78, 5) is 0. The van der Waals surface area contributed by atoms with Gasteiger partial charge in [0.2, 0.25) is 0 Å². The SMILES string of the molecule is CCCCCCC1(C)CC(N)c2cc(Br)ccc2O1. The van der Waals surface area contributed by atoms with Gasteiger partial charge >= 0.3 is 0 Å². The van der Waals surface area contributed by atoms with Crippen LogP contribution in [0.5, 0.6) is 5.75 Å². The molecule has 2 atom stereocenters. The second kappa shape index (κ2) is 6.27. The van der Waals surface area contributed by atoms with E-state index in [-0.39, 0.29) is 11.6 Å². The van der Waals surface area contributed by atoms with E-state index in [1.165, 1.54) is 25.7 Å². The van der Waals surface area contributed by atoms with Gasteiger partial charge in [0, 0.05) is 22.5 Å². The highest BCUT2D eigenvalue weighted by Crippen LogP contribution is 2.41. The van der Waals surface area contributed by atoms with Crippen LogP contribution in [0.4, 0.5) is 0 Å². The molecular formula is C16H24BrNO. The topological polar surface area (TPSA) is 35.2 Å². The first-order valence-electron chi connectivity index (χ1n) is 7.28. The Morgan fingerprint density at radius 3 is 2.89 bits per heavy atom. The summed E-state index contributed by atoms with van der Waals surface area (Å²) in [7, 11) is 0. The Balaban J connectivity index is 2.04. The van der Waals surface area contributed by atoms with E-state index in [9.17, 15) is 0 Å². The van der Waals surface area contributed by atoms with E-state index in [0.29, 0.717) is 0 Å². The van der Waals surface area contributed by atoms with Gasteiger partial charge in [0.1, 0.15) is 11.4 Å². The van der Waals surface area contributed by atoms with Crippen molar-refractivity contribution < 1.29 is 4.74 Å². The van der Waals surface area contributed by atoms with Crippen molar-refractivity contribution in [2.24, 2.45) is 5.73 Å². The Bertz CT molecular complexity index is 435. The number of benzene rings is 1. The monoisotopic (exact) mass is 325 g/mol. The summed E-state index contributed by atoms with van der Waals surface area (Å²) in [6.07, 6.45) is 7.10. The van der Waals surface area contributed by atoms with Crippen LogP contribution in [0.3, 0.4) is 0 Å². The van der Waals surface area contributed by atoms with Crippen molar-refractivity contribution in [3.05, 3.63) is 28.2 Å². The van der Waals surface area contributed by atoms with Crippen molar-refractivity contribution in [3.8, 4) is 5.75 Å². The molecule has 0 aromatic heterocycles. The molecule has 1 heterocycles. The number of rotatable bonds is 5. The fraction of sp³-hybridized carbons (Fsp3) is 0.625. The van der Waals surface area contributed by atoms with Gasteiger partial charge in [-0.3, -0.25) is 0 Å². The summed E-state index contributed by atoms with van der Waals surface area (Å²) in [5.74, 6) is 0.958. The van der Waals surface area contributed by atoms with Gasteiger partial charge in [0.15, 0.2) is 0 Å². The second-order valence-electron chi connectivity index (χ2n) is 5.86. The zero-order valence-corrected chi connectivity index (χ0v) is 13.5. The highest BCUT2D eigenvalue weighted by Gasteiger charge is 2.35. The lowest BCUT2D eigenvalue weighted by Gasteiger charge is -2.39. The minimum absolute atomic E-state index is 0.0809. The molecule has 0 saturated carbocycles. The van der Waals surface area contributed by atoms with Crippen LogP contribution in [0, 0.1) is 0 Å². The zero-order chi connectivity index (χ0) is 13.9. The summed E-state index contributed by atoms with van der Waals surface area (Å²) in [5.41, 5.74) is 7.34. The summed E-state index contributed by atoms with van der Waals surface area (Å²) in [5, 5.41) is 0. The van der Waals surface area contributed by atoms with Crippen LogP contribution in [0.15, 0.2) is 22.7 Å². The molecular weight excluding hydrogens is 302 g/mol.